The molecular weight excluding hydrogens is 450 g/mol. The Hall–Kier alpha value is -2.72. The van der Waals surface area contributed by atoms with Gasteiger partial charge in [-0.25, -0.2) is 9.97 Å². The molecular formula is C22H24F6N4O. The molecule has 1 saturated carbocycles. The van der Waals surface area contributed by atoms with E-state index in [4.69, 9.17) is 0 Å². The zero-order valence-corrected chi connectivity index (χ0v) is 18.1. The second kappa shape index (κ2) is 9.64. The lowest BCUT2D eigenvalue weighted by atomic mass is 9.92. The maximum absolute atomic E-state index is 13.5. The Morgan fingerprint density at radius 1 is 0.909 bits per heavy atom. The Balaban J connectivity index is 1.80. The third kappa shape index (κ3) is 6.20. The number of hydrogen-bond donors (Lipinski definition) is 1. The number of hydrogen-bond acceptors (Lipinski definition) is 4. The summed E-state index contributed by atoms with van der Waals surface area (Å²) in [5.41, 5.74) is -1.27. The molecule has 180 valence electrons. The number of carbonyl (C=O) groups is 1. The Morgan fingerprint density at radius 2 is 1.48 bits per heavy atom. The molecule has 2 unspecified atom stereocenters. The minimum absolute atomic E-state index is 0.0241. The van der Waals surface area contributed by atoms with E-state index in [1.807, 2.05) is 0 Å². The van der Waals surface area contributed by atoms with E-state index >= 15 is 0 Å². The number of carbonyl (C=O) groups excluding carboxylic acids is 1. The molecule has 1 amide bonds. The molecule has 1 fully saturated rings. The van der Waals surface area contributed by atoms with Gasteiger partial charge in [0.25, 0.3) is 0 Å². The highest BCUT2D eigenvalue weighted by molar-refractivity contribution is 5.78. The topological polar surface area (TPSA) is 67.8 Å². The molecule has 2 atom stereocenters. The monoisotopic (exact) mass is 474 g/mol. The van der Waals surface area contributed by atoms with Crippen molar-refractivity contribution >= 4 is 5.91 Å². The van der Waals surface area contributed by atoms with Crippen LogP contribution in [0, 0.1) is 17.8 Å². The minimum Gasteiger partial charge on any atom is -0.352 e. The first-order chi connectivity index (χ1) is 15.4. The number of nitrogens with zero attached hydrogens (tertiary/aromatic N) is 3. The van der Waals surface area contributed by atoms with Crippen LogP contribution in [-0.4, -0.2) is 20.9 Å². The molecule has 0 radical (unpaired) electrons. The van der Waals surface area contributed by atoms with Gasteiger partial charge in [0.1, 0.15) is 0 Å². The fraction of sp³-hybridized carbons (Fsp3) is 0.545. The summed E-state index contributed by atoms with van der Waals surface area (Å²) in [4.78, 5) is 22.8. The summed E-state index contributed by atoms with van der Waals surface area (Å²) in [6.45, 7) is 3.88. The number of aromatic nitrogens is 3. The smallest absolute Gasteiger partial charge is 0.352 e. The highest BCUT2D eigenvalue weighted by atomic mass is 19.4. The fourth-order valence-corrected chi connectivity index (χ4v) is 3.89. The molecule has 1 N–H and O–H groups in total. The van der Waals surface area contributed by atoms with Gasteiger partial charge in [-0.05, 0) is 49.1 Å². The quantitative estimate of drug-likeness (QED) is 0.459. The van der Waals surface area contributed by atoms with Crippen molar-refractivity contribution in [1.82, 2.24) is 20.3 Å². The van der Waals surface area contributed by atoms with Crippen molar-refractivity contribution in [1.29, 1.82) is 0 Å². The van der Waals surface area contributed by atoms with Gasteiger partial charge in [0.2, 0.25) is 11.7 Å². The zero-order valence-electron chi connectivity index (χ0n) is 18.1. The van der Waals surface area contributed by atoms with Crippen LogP contribution in [0.15, 0.2) is 24.7 Å². The molecule has 0 aromatic carbocycles. The Labute approximate surface area is 187 Å². The van der Waals surface area contributed by atoms with Crippen molar-refractivity contribution < 1.29 is 31.1 Å². The summed E-state index contributed by atoms with van der Waals surface area (Å²) in [6, 6.07) is 1.09. The Kier molecular flexibility index (Phi) is 7.28. The summed E-state index contributed by atoms with van der Waals surface area (Å²) in [5, 5.41) is 2.60. The highest BCUT2D eigenvalue weighted by Crippen LogP contribution is 2.34. The molecule has 2 heterocycles. The van der Waals surface area contributed by atoms with E-state index in [0.717, 1.165) is 31.3 Å². The van der Waals surface area contributed by atoms with Crippen LogP contribution in [0.5, 0.6) is 0 Å². The van der Waals surface area contributed by atoms with Crippen LogP contribution in [0.3, 0.4) is 0 Å². The van der Waals surface area contributed by atoms with Crippen LogP contribution in [0.1, 0.15) is 56.5 Å². The van der Waals surface area contributed by atoms with Gasteiger partial charge < -0.3 is 5.32 Å². The second-order valence-electron chi connectivity index (χ2n) is 8.54. The molecule has 2 aromatic heterocycles. The van der Waals surface area contributed by atoms with Crippen molar-refractivity contribution in [3.63, 3.8) is 0 Å². The molecule has 0 bridgehead atoms. The summed E-state index contributed by atoms with van der Waals surface area (Å²) in [7, 11) is 0. The van der Waals surface area contributed by atoms with Crippen molar-refractivity contribution in [2.75, 3.05) is 0 Å². The van der Waals surface area contributed by atoms with Crippen LogP contribution in [0.2, 0.25) is 0 Å². The van der Waals surface area contributed by atoms with Gasteiger partial charge in [-0.3, -0.25) is 9.78 Å². The summed E-state index contributed by atoms with van der Waals surface area (Å²) < 4.78 is 78.4. The summed E-state index contributed by atoms with van der Waals surface area (Å²) in [5.74, 6) is -0.976. The first-order valence-electron chi connectivity index (χ1n) is 10.6. The van der Waals surface area contributed by atoms with E-state index in [2.05, 4.69) is 34.1 Å². The van der Waals surface area contributed by atoms with E-state index < -0.39 is 23.7 Å². The van der Waals surface area contributed by atoms with Crippen molar-refractivity contribution in [3.8, 4) is 11.3 Å². The lowest BCUT2D eigenvalue weighted by molar-refractivity contribution is -0.145. The molecule has 33 heavy (non-hydrogen) atoms. The van der Waals surface area contributed by atoms with Crippen LogP contribution in [0.4, 0.5) is 26.3 Å². The van der Waals surface area contributed by atoms with E-state index in [9.17, 15) is 31.1 Å². The fourth-order valence-electron chi connectivity index (χ4n) is 3.89. The third-order valence-electron chi connectivity index (χ3n) is 6.23. The highest BCUT2D eigenvalue weighted by Gasteiger charge is 2.36. The predicted molar refractivity (Wildman–Crippen MR) is 107 cm³/mol. The number of nitrogens with one attached hydrogen (secondary N) is 1. The maximum atomic E-state index is 13.5. The standard InChI is InChI=1S/C22H24F6N4O/c1-12-3-5-14(6-4-13(12)2)19(33)30-8-15-7-18(29-11-17(15)21(23,24)25)16-9-31-20(32-10-16)22(26,27)28/h7,9-14H,3-6,8H2,1-2H3,(H,30,33). The zero-order chi connectivity index (χ0) is 24.4. The van der Waals surface area contributed by atoms with Gasteiger partial charge >= 0.3 is 12.4 Å². The van der Waals surface area contributed by atoms with Gasteiger partial charge in [0.05, 0.1) is 11.3 Å². The molecule has 1 aliphatic carbocycles. The third-order valence-corrected chi connectivity index (χ3v) is 6.23. The number of amides is 1. The lowest BCUT2D eigenvalue weighted by Crippen LogP contribution is -2.31. The SMILES string of the molecule is CC1CCC(C(=O)NCc2cc(-c3cnc(C(F)(F)F)nc3)ncc2C(F)(F)F)CCC1C. The average molecular weight is 474 g/mol. The average Bonchev–Trinajstić information content (AvgIpc) is 2.92. The van der Waals surface area contributed by atoms with E-state index in [1.54, 1.807) is 0 Å². The molecule has 5 nitrogen and oxygen atoms in total. The Bertz CT molecular complexity index is 962. The number of pyridine rings is 1. The molecule has 0 aliphatic heterocycles. The van der Waals surface area contributed by atoms with Gasteiger partial charge in [-0.1, -0.05) is 13.8 Å². The first-order valence-corrected chi connectivity index (χ1v) is 10.6. The normalized spacial score (nSPS) is 22.0. The van der Waals surface area contributed by atoms with Crippen LogP contribution in [-0.2, 0) is 23.7 Å². The Morgan fingerprint density at radius 3 is 2.00 bits per heavy atom. The van der Waals surface area contributed by atoms with Gasteiger partial charge in [0.15, 0.2) is 0 Å². The van der Waals surface area contributed by atoms with E-state index in [0.29, 0.717) is 30.9 Å². The number of rotatable bonds is 4. The maximum Gasteiger partial charge on any atom is 0.451 e. The predicted octanol–water partition coefficient (Wildman–Crippen LogP) is 5.65. The van der Waals surface area contributed by atoms with Crippen LogP contribution in [0.25, 0.3) is 11.3 Å². The summed E-state index contributed by atoms with van der Waals surface area (Å²) >= 11 is 0. The van der Waals surface area contributed by atoms with Crippen LogP contribution >= 0.6 is 0 Å². The lowest BCUT2D eigenvalue weighted by Gasteiger charge is -2.17. The molecule has 1 aliphatic rings. The van der Waals surface area contributed by atoms with Crippen LogP contribution < -0.4 is 5.32 Å². The van der Waals surface area contributed by atoms with Crippen molar-refractivity contribution in [3.05, 3.63) is 41.6 Å². The molecule has 0 spiro atoms. The van der Waals surface area contributed by atoms with Gasteiger partial charge in [-0.2, -0.15) is 26.3 Å². The largest absolute Gasteiger partial charge is 0.451 e. The van der Waals surface area contributed by atoms with Gasteiger partial charge in [0, 0.05) is 36.6 Å². The molecule has 3 rings (SSSR count). The molecule has 11 heteroatoms. The van der Waals surface area contributed by atoms with Gasteiger partial charge in [-0.15, -0.1) is 0 Å². The number of alkyl halides is 6. The van der Waals surface area contributed by atoms with E-state index in [-0.39, 0.29) is 35.2 Å². The van der Waals surface area contributed by atoms with E-state index in [1.165, 1.54) is 0 Å². The second-order valence-corrected chi connectivity index (χ2v) is 8.54. The van der Waals surface area contributed by atoms with Crippen molar-refractivity contribution in [2.45, 2.75) is 58.4 Å². The number of halogens is 6. The minimum atomic E-state index is -4.74. The molecule has 2 aromatic rings. The summed E-state index contributed by atoms with van der Waals surface area (Å²) in [6.07, 6.45) is -4.06. The first kappa shape index (κ1) is 24.9. The van der Waals surface area contributed by atoms with Crippen molar-refractivity contribution in [2.24, 2.45) is 17.8 Å². The molecule has 0 saturated heterocycles.